The van der Waals surface area contributed by atoms with Gasteiger partial charge in [-0.25, -0.2) is 9.06 Å². The summed E-state index contributed by atoms with van der Waals surface area (Å²) in [6, 6.07) is 2.21. The fraction of sp³-hybridized carbons (Fsp3) is 0.562. The Labute approximate surface area is 133 Å². The minimum absolute atomic E-state index is 0.0599. The highest BCUT2D eigenvalue weighted by Gasteiger charge is 2.26. The van der Waals surface area contributed by atoms with Crippen LogP contribution < -0.4 is 5.56 Å². The van der Waals surface area contributed by atoms with E-state index in [1.165, 1.54) is 23.5 Å². The zero-order valence-electron chi connectivity index (χ0n) is 12.6. The van der Waals surface area contributed by atoms with Gasteiger partial charge in [0.2, 0.25) is 0 Å². The van der Waals surface area contributed by atoms with Crippen molar-refractivity contribution in [2.75, 3.05) is 6.54 Å². The maximum atomic E-state index is 12.3. The Balaban J connectivity index is 1.51. The van der Waals surface area contributed by atoms with E-state index >= 15 is 0 Å². The van der Waals surface area contributed by atoms with Gasteiger partial charge in [0.25, 0.3) is 5.56 Å². The van der Waals surface area contributed by atoms with E-state index < -0.39 is 0 Å². The fourth-order valence-corrected chi connectivity index (χ4v) is 4.15. The molecule has 1 atom stereocenters. The van der Waals surface area contributed by atoms with Crippen LogP contribution in [0.3, 0.4) is 0 Å². The lowest BCUT2D eigenvalue weighted by molar-refractivity contribution is 0.216. The number of aromatic nitrogens is 3. The maximum absolute atomic E-state index is 12.3. The molecule has 0 spiro atoms. The van der Waals surface area contributed by atoms with Crippen LogP contribution in [0, 0.1) is 0 Å². The van der Waals surface area contributed by atoms with Crippen molar-refractivity contribution < 1.29 is 0 Å². The van der Waals surface area contributed by atoms with Gasteiger partial charge in [-0.2, -0.15) is 5.10 Å². The van der Waals surface area contributed by atoms with E-state index in [0.717, 1.165) is 50.0 Å². The van der Waals surface area contributed by atoms with Crippen molar-refractivity contribution in [1.29, 1.82) is 0 Å². The number of rotatable bonds is 4. The Morgan fingerprint density at radius 3 is 3.14 bits per heavy atom. The molecule has 1 saturated heterocycles. The number of aryl methyl sites for hydroxylation is 2. The SMILES string of the molecule is O=c1cc2c(nn1CC1CCCN1Cc1cnsc1)CCC2. The highest BCUT2D eigenvalue weighted by molar-refractivity contribution is 7.03. The molecule has 0 N–H and O–H groups in total. The number of nitrogens with zero attached hydrogens (tertiary/aromatic N) is 4. The molecule has 22 heavy (non-hydrogen) atoms. The molecule has 1 aliphatic carbocycles. The van der Waals surface area contributed by atoms with Crippen molar-refractivity contribution >= 4 is 11.5 Å². The summed E-state index contributed by atoms with van der Waals surface area (Å²) < 4.78 is 5.87. The normalized spacial score (nSPS) is 21.4. The van der Waals surface area contributed by atoms with E-state index in [-0.39, 0.29) is 5.56 Å². The van der Waals surface area contributed by atoms with Gasteiger partial charge in [0.15, 0.2) is 0 Å². The Hall–Kier alpha value is -1.53. The molecule has 1 unspecified atom stereocenters. The molecule has 116 valence electrons. The second-order valence-electron chi connectivity index (χ2n) is 6.29. The first-order valence-electron chi connectivity index (χ1n) is 8.02. The van der Waals surface area contributed by atoms with Crippen LogP contribution in [-0.4, -0.2) is 31.6 Å². The minimum Gasteiger partial charge on any atom is -0.294 e. The van der Waals surface area contributed by atoms with Crippen LogP contribution in [0.1, 0.15) is 36.1 Å². The van der Waals surface area contributed by atoms with Gasteiger partial charge in [-0.05, 0) is 61.3 Å². The molecule has 0 bridgehead atoms. The monoisotopic (exact) mass is 316 g/mol. The fourth-order valence-electron chi connectivity index (χ4n) is 3.62. The average Bonchev–Trinajstić information content (AvgIpc) is 3.23. The first kappa shape index (κ1) is 14.1. The second kappa shape index (κ2) is 5.93. The third kappa shape index (κ3) is 2.73. The largest absolute Gasteiger partial charge is 0.294 e. The zero-order chi connectivity index (χ0) is 14.9. The Morgan fingerprint density at radius 1 is 1.32 bits per heavy atom. The molecule has 6 heteroatoms. The van der Waals surface area contributed by atoms with Crippen LogP contribution in [0.4, 0.5) is 0 Å². The van der Waals surface area contributed by atoms with Gasteiger partial charge in [0.05, 0.1) is 12.2 Å². The van der Waals surface area contributed by atoms with Crippen LogP contribution >= 0.6 is 11.5 Å². The maximum Gasteiger partial charge on any atom is 0.267 e. The number of hydrogen-bond acceptors (Lipinski definition) is 5. The van der Waals surface area contributed by atoms with Crippen LogP contribution in [0.15, 0.2) is 22.4 Å². The molecule has 0 saturated carbocycles. The number of fused-ring (bicyclic) bond motifs is 1. The summed E-state index contributed by atoms with van der Waals surface area (Å²) in [6.07, 6.45) is 7.45. The van der Waals surface area contributed by atoms with E-state index in [0.29, 0.717) is 12.6 Å². The lowest BCUT2D eigenvalue weighted by Crippen LogP contribution is -2.37. The topological polar surface area (TPSA) is 51.0 Å². The average molecular weight is 316 g/mol. The summed E-state index contributed by atoms with van der Waals surface area (Å²) in [5, 5.41) is 6.72. The minimum atomic E-state index is 0.0599. The zero-order valence-corrected chi connectivity index (χ0v) is 13.4. The van der Waals surface area contributed by atoms with Gasteiger partial charge in [-0.1, -0.05) is 0 Å². The van der Waals surface area contributed by atoms with Gasteiger partial charge in [-0.3, -0.25) is 9.69 Å². The predicted molar refractivity (Wildman–Crippen MR) is 86.1 cm³/mol. The first-order valence-corrected chi connectivity index (χ1v) is 8.85. The van der Waals surface area contributed by atoms with Gasteiger partial charge >= 0.3 is 0 Å². The molecular weight excluding hydrogens is 296 g/mol. The Bertz CT molecular complexity index is 709. The standard InChI is InChI=1S/C16H20N4OS/c21-16-7-13-3-1-5-15(13)18-20(16)10-14-4-2-6-19(14)9-12-8-17-22-11-12/h7-8,11,14H,1-6,9-10H2. The molecular formula is C16H20N4OS. The molecule has 0 aromatic carbocycles. The molecule has 3 heterocycles. The lowest BCUT2D eigenvalue weighted by atomic mass is 10.2. The van der Waals surface area contributed by atoms with Crippen molar-refractivity contribution in [3.8, 4) is 0 Å². The third-order valence-electron chi connectivity index (χ3n) is 4.78. The van der Waals surface area contributed by atoms with E-state index in [4.69, 9.17) is 0 Å². The third-order valence-corrected chi connectivity index (χ3v) is 5.41. The quantitative estimate of drug-likeness (QED) is 0.864. The molecule has 2 aromatic rings. The summed E-state index contributed by atoms with van der Waals surface area (Å²) in [6.45, 7) is 2.74. The summed E-state index contributed by atoms with van der Waals surface area (Å²) in [7, 11) is 0. The number of hydrogen-bond donors (Lipinski definition) is 0. The molecule has 1 fully saturated rings. The summed E-state index contributed by atoms with van der Waals surface area (Å²) >= 11 is 1.50. The second-order valence-corrected chi connectivity index (χ2v) is 6.95. The van der Waals surface area contributed by atoms with E-state index in [1.54, 1.807) is 10.7 Å². The van der Waals surface area contributed by atoms with E-state index in [9.17, 15) is 4.79 Å². The summed E-state index contributed by atoms with van der Waals surface area (Å²) in [5.74, 6) is 0. The first-order chi connectivity index (χ1) is 10.8. The highest BCUT2D eigenvalue weighted by atomic mass is 32.1. The van der Waals surface area contributed by atoms with Crippen molar-refractivity contribution in [2.24, 2.45) is 0 Å². The molecule has 1 aliphatic heterocycles. The Morgan fingerprint density at radius 2 is 2.27 bits per heavy atom. The molecule has 5 nitrogen and oxygen atoms in total. The molecule has 2 aliphatic rings. The molecule has 4 rings (SSSR count). The van der Waals surface area contributed by atoms with Crippen molar-refractivity contribution in [2.45, 2.75) is 51.2 Å². The van der Waals surface area contributed by atoms with Gasteiger partial charge in [0, 0.05) is 30.2 Å². The summed E-state index contributed by atoms with van der Waals surface area (Å²) in [4.78, 5) is 14.7. The smallest absolute Gasteiger partial charge is 0.267 e. The van der Waals surface area contributed by atoms with Gasteiger partial charge < -0.3 is 0 Å². The molecule has 2 aromatic heterocycles. The van der Waals surface area contributed by atoms with Gasteiger partial charge in [0.1, 0.15) is 0 Å². The predicted octanol–water partition coefficient (Wildman–Crippen LogP) is 1.85. The molecule has 0 amide bonds. The van der Waals surface area contributed by atoms with Crippen LogP contribution in [0.2, 0.25) is 0 Å². The summed E-state index contributed by atoms with van der Waals surface area (Å²) in [5.41, 5.74) is 3.62. The molecule has 0 radical (unpaired) electrons. The van der Waals surface area contributed by atoms with E-state index in [2.05, 4.69) is 19.8 Å². The highest BCUT2D eigenvalue weighted by Crippen LogP contribution is 2.22. The van der Waals surface area contributed by atoms with Gasteiger partial charge in [-0.15, -0.1) is 0 Å². The van der Waals surface area contributed by atoms with Crippen molar-refractivity contribution in [1.82, 2.24) is 19.1 Å². The van der Waals surface area contributed by atoms with E-state index in [1.807, 2.05) is 6.20 Å². The number of likely N-dealkylation sites (tertiary alicyclic amines) is 1. The van der Waals surface area contributed by atoms with Crippen molar-refractivity contribution in [3.63, 3.8) is 0 Å². The Kier molecular flexibility index (Phi) is 3.80. The van der Waals surface area contributed by atoms with Crippen LogP contribution in [-0.2, 0) is 25.9 Å². The van der Waals surface area contributed by atoms with Crippen LogP contribution in [0.25, 0.3) is 0 Å². The lowest BCUT2D eigenvalue weighted by Gasteiger charge is -2.24. The van der Waals surface area contributed by atoms with Crippen LogP contribution in [0.5, 0.6) is 0 Å². The van der Waals surface area contributed by atoms with Crippen molar-refractivity contribution in [3.05, 3.63) is 44.8 Å².